The highest BCUT2D eigenvalue weighted by molar-refractivity contribution is 5.59. The minimum atomic E-state index is 0.744. The Kier molecular flexibility index (Phi) is 6.30. The highest BCUT2D eigenvalue weighted by atomic mass is 16.5. The molecule has 1 aromatic carbocycles. The van der Waals surface area contributed by atoms with Gasteiger partial charge in [0.2, 0.25) is 0 Å². The van der Waals surface area contributed by atoms with Gasteiger partial charge in [-0.1, -0.05) is 13.8 Å². The topological polar surface area (TPSA) is 30.5 Å². The normalized spacial score (nSPS) is 10.1. The van der Waals surface area contributed by atoms with E-state index < -0.39 is 0 Å². The molecule has 96 valence electrons. The molecule has 0 unspecified atom stereocenters. The van der Waals surface area contributed by atoms with Crippen LogP contribution in [0.25, 0.3) is 0 Å². The number of rotatable bonds is 8. The van der Waals surface area contributed by atoms with Crippen LogP contribution in [0.3, 0.4) is 0 Å². The fraction of sp³-hybridized carbons (Fsp3) is 0.571. The second-order valence-corrected chi connectivity index (χ2v) is 3.89. The molecule has 0 saturated carbocycles. The highest BCUT2D eigenvalue weighted by Crippen LogP contribution is 2.29. The minimum Gasteiger partial charge on any atom is -0.494 e. The van der Waals surface area contributed by atoms with Crippen molar-refractivity contribution >= 4 is 5.69 Å². The van der Waals surface area contributed by atoms with Gasteiger partial charge in [0, 0.05) is 12.6 Å². The molecule has 0 amide bonds. The summed E-state index contributed by atoms with van der Waals surface area (Å²) in [5, 5.41) is 3.30. The van der Waals surface area contributed by atoms with Crippen LogP contribution >= 0.6 is 0 Å². The quantitative estimate of drug-likeness (QED) is 0.748. The average Bonchev–Trinajstić information content (AvgIpc) is 2.35. The van der Waals surface area contributed by atoms with Gasteiger partial charge in [0.15, 0.2) is 0 Å². The summed E-state index contributed by atoms with van der Waals surface area (Å²) in [6.45, 7) is 8.65. The Hall–Kier alpha value is -1.38. The fourth-order valence-corrected chi connectivity index (χ4v) is 1.49. The van der Waals surface area contributed by atoms with Crippen LogP contribution in [-0.4, -0.2) is 19.8 Å². The molecular formula is C14H23NO2. The zero-order valence-corrected chi connectivity index (χ0v) is 11.1. The van der Waals surface area contributed by atoms with Gasteiger partial charge in [0.05, 0.1) is 18.9 Å². The molecule has 0 bridgehead atoms. The van der Waals surface area contributed by atoms with Crippen LogP contribution in [0.15, 0.2) is 18.2 Å². The van der Waals surface area contributed by atoms with Crippen LogP contribution in [0.1, 0.15) is 33.6 Å². The van der Waals surface area contributed by atoms with Crippen molar-refractivity contribution in [1.82, 2.24) is 0 Å². The zero-order valence-electron chi connectivity index (χ0n) is 11.1. The standard InChI is InChI=1S/C14H23NO2/c1-4-9-16-12-7-8-14(17-10-5-2)13(11-12)15-6-3/h7-8,11,15H,4-6,9-10H2,1-3H3. The van der Waals surface area contributed by atoms with Crippen LogP contribution in [0, 0.1) is 0 Å². The number of ether oxygens (including phenoxy) is 2. The van der Waals surface area contributed by atoms with Gasteiger partial charge in [0.25, 0.3) is 0 Å². The zero-order chi connectivity index (χ0) is 12.5. The maximum absolute atomic E-state index is 5.68. The van der Waals surface area contributed by atoms with Crippen molar-refractivity contribution in [3.05, 3.63) is 18.2 Å². The van der Waals surface area contributed by atoms with E-state index in [0.29, 0.717) is 0 Å². The molecule has 1 rings (SSSR count). The number of nitrogens with one attached hydrogen (secondary N) is 1. The summed E-state index contributed by atoms with van der Waals surface area (Å²) in [5.74, 6) is 1.80. The van der Waals surface area contributed by atoms with E-state index in [1.165, 1.54) is 0 Å². The second-order valence-electron chi connectivity index (χ2n) is 3.89. The Morgan fingerprint density at radius 1 is 1.00 bits per heavy atom. The lowest BCUT2D eigenvalue weighted by Crippen LogP contribution is -2.03. The maximum Gasteiger partial charge on any atom is 0.142 e. The fourth-order valence-electron chi connectivity index (χ4n) is 1.49. The largest absolute Gasteiger partial charge is 0.494 e. The third-order valence-electron chi connectivity index (χ3n) is 2.25. The van der Waals surface area contributed by atoms with E-state index in [1.54, 1.807) is 0 Å². The molecule has 1 N–H and O–H groups in total. The van der Waals surface area contributed by atoms with E-state index in [1.807, 2.05) is 18.2 Å². The first-order valence-electron chi connectivity index (χ1n) is 6.45. The summed E-state index contributed by atoms with van der Waals surface area (Å²) >= 11 is 0. The Labute approximate surface area is 104 Å². The first-order valence-corrected chi connectivity index (χ1v) is 6.45. The van der Waals surface area contributed by atoms with E-state index in [4.69, 9.17) is 9.47 Å². The second kappa shape index (κ2) is 7.82. The molecule has 0 atom stereocenters. The van der Waals surface area contributed by atoms with Crippen LogP contribution in [0.4, 0.5) is 5.69 Å². The lowest BCUT2D eigenvalue weighted by molar-refractivity contribution is 0.310. The van der Waals surface area contributed by atoms with Crippen molar-refractivity contribution in [3.63, 3.8) is 0 Å². The van der Waals surface area contributed by atoms with Gasteiger partial charge >= 0.3 is 0 Å². The molecule has 1 aromatic rings. The first-order chi connectivity index (χ1) is 8.31. The molecule has 0 radical (unpaired) electrons. The summed E-state index contributed by atoms with van der Waals surface area (Å²) in [6.07, 6.45) is 2.03. The Bertz CT molecular complexity index is 326. The summed E-state index contributed by atoms with van der Waals surface area (Å²) in [7, 11) is 0. The lowest BCUT2D eigenvalue weighted by Gasteiger charge is -2.14. The summed E-state index contributed by atoms with van der Waals surface area (Å²) in [6, 6.07) is 5.93. The van der Waals surface area contributed by atoms with Gasteiger partial charge in [-0.3, -0.25) is 0 Å². The van der Waals surface area contributed by atoms with Gasteiger partial charge in [-0.05, 0) is 31.9 Å². The summed E-state index contributed by atoms with van der Waals surface area (Å²) < 4.78 is 11.3. The smallest absolute Gasteiger partial charge is 0.142 e. The van der Waals surface area contributed by atoms with Gasteiger partial charge in [-0.15, -0.1) is 0 Å². The molecule has 3 nitrogen and oxygen atoms in total. The number of benzene rings is 1. The summed E-state index contributed by atoms with van der Waals surface area (Å²) in [4.78, 5) is 0. The Morgan fingerprint density at radius 2 is 1.71 bits per heavy atom. The Balaban J connectivity index is 2.75. The van der Waals surface area contributed by atoms with Crippen molar-refractivity contribution in [2.24, 2.45) is 0 Å². The van der Waals surface area contributed by atoms with E-state index in [2.05, 4.69) is 26.1 Å². The van der Waals surface area contributed by atoms with E-state index >= 15 is 0 Å². The molecule has 17 heavy (non-hydrogen) atoms. The van der Waals surface area contributed by atoms with Crippen LogP contribution < -0.4 is 14.8 Å². The molecule has 0 aromatic heterocycles. The van der Waals surface area contributed by atoms with Gasteiger partial charge in [-0.2, -0.15) is 0 Å². The summed E-state index contributed by atoms with van der Waals surface area (Å²) in [5.41, 5.74) is 1.01. The minimum absolute atomic E-state index is 0.744. The molecule has 0 aliphatic carbocycles. The molecule has 0 aliphatic rings. The van der Waals surface area contributed by atoms with Crippen LogP contribution in [0.5, 0.6) is 11.5 Å². The number of hydrogen-bond donors (Lipinski definition) is 1. The molecular weight excluding hydrogens is 214 g/mol. The first kappa shape index (κ1) is 13.7. The maximum atomic E-state index is 5.68. The van der Waals surface area contributed by atoms with Gasteiger partial charge < -0.3 is 14.8 Å². The molecule has 0 heterocycles. The SMILES string of the molecule is CCCOc1ccc(OCCC)c(NCC)c1. The van der Waals surface area contributed by atoms with Crippen molar-refractivity contribution in [2.45, 2.75) is 33.6 Å². The average molecular weight is 237 g/mol. The predicted molar refractivity (Wildman–Crippen MR) is 72.2 cm³/mol. The van der Waals surface area contributed by atoms with Crippen molar-refractivity contribution in [3.8, 4) is 11.5 Å². The predicted octanol–water partition coefficient (Wildman–Crippen LogP) is 3.70. The highest BCUT2D eigenvalue weighted by Gasteiger charge is 2.04. The van der Waals surface area contributed by atoms with E-state index in [0.717, 1.165) is 49.8 Å². The van der Waals surface area contributed by atoms with Crippen LogP contribution in [0.2, 0.25) is 0 Å². The Morgan fingerprint density at radius 3 is 2.35 bits per heavy atom. The lowest BCUT2D eigenvalue weighted by atomic mass is 10.2. The van der Waals surface area contributed by atoms with Gasteiger partial charge in [-0.25, -0.2) is 0 Å². The molecule has 0 saturated heterocycles. The molecule has 3 heteroatoms. The molecule has 0 fully saturated rings. The third-order valence-corrected chi connectivity index (χ3v) is 2.25. The van der Waals surface area contributed by atoms with E-state index in [9.17, 15) is 0 Å². The van der Waals surface area contributed by atoms with Crippen molar-refractivity contribution < 1.29 is 9.47 Å². The monoisotopic (exact) mass is 237 g/mol. The molecule has 0 spiro atoms. The third kappa shape index (κ3) is 4.55. The molecule has 0 aliphatic heterocycles. The van der Waals surface area contributed by atoms with Gasteiger partial charge in [0.1, 0.15) is 11.5 Å². The van der Waals surface area contributed by atoms with Crippen LogP contribution in [-0.2, 0) is 0 Å². The van der Waals surface area contributed by atoms with Crippen molar-refractivity contribution in [1.29, 1.82) is 0 Å². The number of anilines is 1. The van der Waals surface area contributed by atoms with Crippen molar-refractivity contribution in [2.75, 3.05) is 25.1 Å². The number of hydrogen-bond acceptors (Lipinski definition) is 3. The van der Waals surface area contributed by atoms with E-state index in [-0.39, 0.29) is 0 Å².